The summed E-state index contributed by atoms with van der Waals surface area (Å²) in [5, 5.41) is 0. The molecule has 3 rings (SSSR count). The zero-order valence-electron chi connectivity index (χ0n) is 10.0. The van der Waals surface area contributed by atoms with Gasteiger partial charge in [-0.3, -0.25) is 0 Å². The van der Waals surface area contributed by atoms with Crippen molar-refractivity contribution in [2.24, 2.45) is 0 Å². The zero-order chi connectivity index (χ0) is 14.3. The molecular formula is C14H8BrF3N2. The van der Waals surface area contributed by atoms with E-state index in [2.05, 4.69) is 25.9 Å². The molecule has 0 saturated carbocycles. The predicted octanol–water partition coefficient (Wildman–Crippen LogP) is 5.01. The average Bonchev–Trinajstić information content (AvgIpc) is 2.81. The van der Waals surface area contributed by atoms with Crippen molar-refractivity contribution in [2.75, 3.05) is 0 Å². The molecular weight excluding hydrogens is 333 g/mol. The van der Waals surface area contributed by atoms with Crippen molar-refractivity contribution in [1.82, 2.24) is 9.97 Å². The van der Waals surface area contributed by atoms with Crippen LogP contribution in [0, 0.1) is 0 Å². The van der Waals surface area contributed by atoms with Gasteiger partial charge in [-0.05, 0) is 30.3 Å². The van der Waals surface area contributed by atoms with Crippen LogP contribution in [-0.4, -0.2) is 9.97 Å². The molecule has 0 spiro atoms. The minimum atomic E-state index is -4.36. The van der Waals surface area contributed by atoms with Crippen LogP contribution in [0.15, 0.2) is 46.9 Å². The fourth-order valence-corrected chi connectivity index (χ4v) is 2.19. The number of nitrogens with one attached hydrogen (secondary N) is 1. The lowest BCUT2D eigenvalue weighted by Crippen LogP contribution is -2.04. The number of rotatable bonds is 1. The Morgan fingerprint density at radius 1 is 1.00 bits per heavy atom. The number of hydrogen-bond donors (Lipinski definition) is 1. The normalized spacial score (nSPS) is 12.0. The lowest BCUT2D eigenvalue weighted by molar-refractivity contribution is -0.137. The molecule has 102 valence electrons. The fraction of sp³-hybridized carbons (Fsp3) is 0.0714. The van der Waals surface area contributed by atoms with E-state index in [0.29, 0.717) is 16.9 Å². The maximum atomic E-state index is 12.6. The van der Waals surface area contributed by atoms with Gasteiger partial charge < -0.3 is 4.98 Å². The van der Waals surface area contributed by atoms with Gasteiger partial charge in [0.1, 0.15) is 5.82 Å². The summed E-state index contributed by atoms with van der Waals surface area (Å²) in [5.74, 6) is 0.548. The summed E-state index contributed by atoms with van der Waals surface area (Å²) in [6.45, 7) is 0. The Bertz CT molecular complexity index is 760. The minimum Gasteiger partial charge on any atom is -0.338 e. The van der Waals surface area contributed by atoms with Gasteiger partial charge in [0.05, 0.1) is 16.6 Å². The maximum absolute atomic E-state index is 12.6. The van der Waals surface area contributed by atoms with Crippen LogP contribution in [-0.2, 0) is 6.18 Å². The van der Waals surface area contributed by atoms with Crippen molar-refractivity contribution < 1.29 is 13.2 Å². The number of fused-ring (bicyclic) bond motifs is 1. The molecule has 1 aromatic heterocycles. The number of nitrogens with zero attached hydrogens (tertiary/aromatic N) is 1. The Morgan fingerprint density at radius 3 is 2.35 bits per heavy atom. The number of imidazole rings is 1. The first-order chi connectivity index (χ1) is 9.43. The Balaban J connectivity index is 2.09. The predicted molar refractivity (Wildman–Crippen MR) is 74.2 cm³/mol. The van der Waals surface area contributed by atoms with Crippen LogP contribution in [0.4, 0.5) is 13.2 Å². The van der Waals surface area contributed by atoms with E-state index >= 15 is 0 Å². The molecule has 0 fully saturated rings. The van der Waals surface area contributed by atoms with Gasteiger partial charge in [-0.25, -0.2) is 4.98 Å². The maximum Gasteiger partial charge on any atom is 0.416 e. The molecule has 1 heterocycles. The quantitative estimate of drug-likeness (QED) is 0.662. The van der Waals surface area contributed by atoms with Gasteiger partial charge in [-0.2, -0.15) is 13.2 Å². The van der Waals surface area contributed by atoms with Crippen LogP contribution >= 0.6 is 15.9 Å². The Labute approximate surface area is 120 Å². The van der Waals surface area contributed by atoms with E-state index in [0.717, 1.165) is 22.2 Å². The van der Waals surface area contributed by atoms with Gasteiger partial charge in [-0.15, -0.1) is 0 Å². The molecule has 2 aromatic carbocycles. The lowest BCUT2D eigenvalue weighted by atomic mass is 10.2. The molecule has 1 N–H and O–H groups in total. The van der Waals surface area contributed by atoms with Crippen molar-refractivity contribution in [2.45, 2.75) is 6.18 Å². The van der Waals surface area contributed by atoms with Crippen LogP contribution in [0.2, 0.25) is 0 Å². The summed E-state index contributed by atoms with van der Waals surface area (Å²) in [5.41, 5.74) is 1.01. The number of aromatic nitrogens is 2. The molecule has 0 radical (unpaired) electrons. The molecule has 6 heteroatoms. The molecule has 0 amide bonds. The van der Waals surface area contributed by atoms with E-state index in [4.69, 9.17) is 0 Å². The van der Waals surface area contributed by atoms with E-state index in [1.807, 2.05) is 24.3 Å². The smallest absolute Gasteiger partial charge is 0.338 e. The van der Waals surface area contributed by atoms with Gasteiger partial charge in [-0.1, -0.05) is 28.1 Å². The van der Waals surface area contributed by atoms with Crippen molar-refractivity contribution >= 4 is 27.0 Å². The highest BCUT2D eigenvalue weighted by Gasteiger charge is 2.30. The first kappa shape index (κ1) is 13.2. The number of benzene rings is 2. The summed E-state index contributed by atoms with van der Waals surface area (Å²) in [6.07, 6.45) is -4.36. The number of hydrogen-bond acceptors (Lipinski definition) is 1. The average molecular weight is 341 g/mol. The summed E-state index contributed by atoms with van der Waals surface area (Å²) < 4.78 is 38.9. The highest BCUT2D eigenvalue weighted by Crippen LogP contribution is 2.31. The highest BCUT2D eigenvalue weighted by molar-refractivity contribution is 9.10. The lowest BCUT2D eigenvalue weighted by Gasteiger charge is -2.04. The number of halogens is 4. The zero-order valence-corrected chi connectivity index (χ0v) is 11.6. The van der Waals surface area contributed by atoms with Crippen molar-refractivity contribution in [3.63, 3.8) is 0 Å². The van der Waals surface area contributed by atoms with Gasteiger partial charge in [0.2, 0.25) is 0 Å². The standard InChI is InChI=1S/C14H8BrF3N2/c15-10-4-1-8(2-5-10)13-19-11-6-3-9(14(16,17)18)7-12(11)20-13/h1-7H,(H,19,20). The van der Waals surface area contributed by atoms with Crippen LogP contribution in [0.3, 0.4) is 0 Å². The molecule has 0 unspecified atom stereocenters. The molecule has 0 aliphatic rings. The monoisotopic (exact) mass is 340 g/mol. The topological polar surface area (TPSA) is 28.7 Å². The van der Waals surface area contributed by atoms with E-state index in [1.165, 1.54) is 6.07 Å². The Kier molecular flexibility index (Phi) is 3.05. The first-order valence-electron chi connectivity index (χ1n) is 5.76. The molecule has 20 heavy (non-hydrogen) atoms. The molecule has 3 aromatic rings. The van der Waals surface area contributed by atoms with E-state index in [9.17, 15) is 13.2 Å². The first-order valence-corrected chi connectivity index (χ1v) is 6.56. The van der Waals surface area contributed by atoms with Crippen LogP contribution in [0.25, 0.3) is 22.4 Å². The van der Waals surface area contributed by atoms with Gasteiger partial charge in [0.15, 0.2) is 0 Å². The van der Waals surface area contributed by atoms with Crippen molar-refractivity contribution in [3.05, 3.63) is 52.5 Å². The van der Waals surface area contributed by atoms with Crippen LogP contribution < -0.4 is 0 Å². The third-order valence-electron chi connectivity index (χ3n) is 2.93. The number of aromatic amines is 1. The number of H-pyrrole nitrogens is 1. The molecule has 0 bridgehead atoms. The third-order valence-corrected chi connectivity index (χ3v) is 3.46. The van der Waals surface area contributed by atoms with Crippen LogP contribution in [0.1, 0.15) is 5.56 Å². The molecule has 2 nitrogen and oxygen atoms in total. The van der Waals surface area contributed by atoms with Gasteiger partial charge in [0.25, 0.3) is 0 Å². The SMILES string of the molecule is FC(F)(F)c1ccc2[nH]c(-c3ccc(Br)cc3)nc2c1. The highest BCUT2D eigenvalue weighted by atomic mass is 79.9. The second-order valence-corrected chi connectivity index (χ2v) is 5.24. The second kappa shape index (κ2) is 4.63. The Hall–Kier alpha value is -1.82. The van der Waals surface area contributed by atoms with Gasteiger partial charge in [0, 0.05) is 10.0 Å². The summed E-state index contributed by atoms with van der Waals surface area (Å²) in [7, 11) is 0. The summed E-state index contributed by atoms with van der Waals surface area (Å²) >= 11 is 3.33. The third kappa shape index (κ3) is 2.43. The fourth-order valence-electron chi connectivity index (χ4n) is 1.93. The Morgan fingerprint density at radius 2 is 1.70 bits per heavy atom. The summed E-state index contributed by atoms with van der Waals surface area (Å²) in [6, 6.07) is 10.9. The van der Waals surface area contributed by atoms with Crippen LogP contribution in [0.5, 0.6) is 0 Å². The van der Waals surface area contributed by atoms with Crippen molar-refractivity contribution in [1.29, 1.82) is 0 Å². The van der Waals surface area contributed by atoms with Gasteiger partial charge >= 0.3 is 6.18 Å². The molecule has 0 aliphatic heterocycles. The molecule has 0 saturated heterocycles. The molecule has 0 atom stereocenters. The number of alkyl halides is 3. The summed E-state index contributed by atoms with van der Waals surface area (Å²) in [4.78, 5) is 7.23. The second-order valence-electron chi connectivity index (χ2n) is 4.32. The molecule has 0 aliphatic carbocycles. The van der Waals surface area contributed by atoms with E-state index in [1.54, 1.807) is 0 Å². The van der Waals surface area contributed by atoms with E-state index < -0.39 is 11.7 Å². The van der Waals surface area contributed by atoms with Crippen molar-refractivity contribution in [3.8, 4) is 11.4 Å². The van der Waals surface area contributed by atoms with E-state index in [-0.39, 0.29) is 0 Å². The largest absolute Gasteiger partial charge is 0.416 e. The minimum absolute atomic E-state index is 0.303.